The van der Waals surface area contributed by atoms with Crippen LogP contribution in [0.1, 0.15) is 39.0 Å². The van der Waals surface area contributed by atoms with Crippen molar-refractivity contribution in [2.24, 2.45) is 16.5 Å². The van der Waals surface area contributed by atoms with Gasteiger partial charge in [0.15, 0.2) is 11.1 Å². The molecule has 0 aliphatic heterocycles. The number of hydrogen-bond donors (Lipinski definition) is 3. The van der Waals surface area contributed by atoms with Gasteiger partial charge >= 0.3 is 0 Å². The molecule has 1 aromatic heterocycles. The van der Waals surface area contributed by atoms with Crippen molar-refractivity contribution in [3.63, 3.8) is 0 Å². The number of aliphatic imine (C=N–C) groups is 1. The maximum absolute atomic E-state index is 12.1. The van der Waals surface area contributed by atoms with Gasteiger partial charge in [-0.2, -0.15) is 0 Å². The van der Waals surface area contributed by atoms with E-state index in [9.17, 15) is 9.59 Å². The highest BCUT2D eigenvalue weighted by atomic mass is 32.1. The number of aryl methyl sites for hydroxylation is 4. The summed E-state index contributed by atoms with van der Waals surface area (Å²) < 4.78 is 0. The summed E-state index contributed by atoms with van der Waals surface area (Å²) in [5, 5.41) is 3.42. The molecule has 0 atom stereocenters. The van der Waals surface area contributed by atoms with Crippen LogP contribution in [-0.2, 0) is 30.5 Å². The fourth-order valence-electron chi connectivity index (χ4n) is 3.46. The predicted molar refractivity (Wildman–Crippen MR) is 138 cm³/mol. The SMILES string of the molecule is CC(=O)Nc1nc(CCc2ccc(N=C(N)N)cc2)c(CCc2ccc(C(=O)N(C)C)cc2)s1. The Balaban J connectivity index is 1.69. The van der Waals surface area contributed by atoms with Crippen LogP contribution in [0.3, 0.4) is 0 Å². The van der Waals surface area contributed by atoms with Gasteiger partial charge < -0.3 is 21.7 Å². The number of guanidine groups is 1. The fraction of sp³-hybridized carbons (Fsp3) is 0.280. The van der Waals surface area contributed by atoms with Gasteiger partial charge in [0.05, 0.1) is 11.4 Å². The molecule has 3 rings (SSSR count). The maximum Gasteiger partial charge on any atom is 0.253 e. The van der Waals surface area contributed by atoms with Gasteiger partial charge in [0.2, 0.25) is 5.91 Å². The van der Waals surface area contributed by atoms with Crippen molar-refractivity contribution in [2.45, 2.75) is 32.6 Å². The molecule has 2 amide bonds. The van der Waals surface area contributed by atoms with Gasteiger partial charge in [0.25, 0.3) is 5.91 Å². The van der Waals surface area contributed by atoms with E-state index >= 15 is 0 Å². The number of anilines is 1. The van der Waals surface area contributed by atoms with Crippen molar-refractivity contribution in [1.29, 1.82) is 0 Å². The largest absolute Gasteiger partial charge is 0.370 e. The van der Waals surface area contributed by atoms with E-state index in [1.807, 2.05) is 48.5 Å². The number of carbonyl (C=O) groups excluding carboxylic acids is 2. The molecule has 0 radical (unpaired) electrons. The van der Waals surface area contributed by atoms with Crippen LogP contribution in [-0.4, -0.2) is 41.8 Å². The second-order valence-corrected chi connectivity index (χ2v) is 9.25. The average Bonchev–Trinajstić information content (AvgIpc) is 3.17. The van der Waals surface area contributed by atoms with Gasteiger partial charge in [-0.1, -0.05) is 24.3 Å². The van der Waals surface area contributed by atoms with Crippen molar-refractivity contribution in [3.8, 4) is 0 Å². The van der Waals surface area contributed by atoms with Crippen molar-refractivity contribution < 1.29 is 9.59 Å². The molecule has 34 heavy (non-hydrogen) atoms. The summed E-state index contributed by atoms with van der Waals surface area (Å²) in [5.74, 6) is -0.116. The Morgan fingerprint density at radius 2 is 1.53 bits per heavy atom. The topological polar surface area (TPSA) is 127 Å². The summed E-state index contributed by atoms with van der Waals surface area (Å²) in [5.41, 5.74) is 15.5. The van der Waals surface area contributed by atoms with E-state index in [0.717, 1.165) is 47.4 Å². The molecule has 3 aromatic rings. The third-order valence-electron chi connectivity index (χ3n) is 5.15. The molecule has 0 spiro atoms. The Kier molecular flexibility index (Phi) is 8.37. The molecular weight excluding hydrogens is 448 g/mol. The summed E-state index contributed by atoms with van der Waals surface area (Å²) in [7, 11) is 3.49. The Morgan fingerprint density at radius 1 is 0.941 bits per heavy atom. The molecule has 0 saturated carbocycles. The number of nitrogens with one attached hydrogen (secondary N) is 1. The molecule has 0 saturated heterocycles. The summed E-state index contributed by atoms with van der Waals surface area (Å²) in [4.78, 5) is 35.1. The van der Waals surface area contributed by atoms with Crippen molar-refractivity contribution in [2.75, 3.05) is 19.4 Å². The van der Waals surface area contributed by atoms with Gasteiger partial charge in [0.1, 0.15) is 0 Å². The average molecular weight is 479 g/mol. The van der Waals surface area contributed by atoms with Crippen LogP contribution in [0.15, 0.2) is 53.5 Å². The van der Waals surface area contributed by atoms with E-state index in [-0.39, 0.29) is 17.8 Å². The third-order valence-corrected chi connectivity index (χ3v) is 6.23. The molecule has 0 aliphatic carbocycles. The molecule has 5 N–H and O–H groups in total. The van der Waals surface area contributed by atoms with Gasteiger partial charge in [-0.05, 0) is 61.1 Å². The highest BCUT2D eigenvalue weighted by molar-refractivity contribution is 7.15. The lowest BCUT2D eigenvalue weighted by molar-refractivity contribution is -0.114. The first-order valence-corrected chi connectivity index (χ1v) is 11.8. The predicted octanol–water partition coefficient (Wildman–Crippen LogP) is 3.28. The number of rotatable bonds is 9. The molecule has 2 aromatic carbocycles. The van der Waals surface area contributed by atoms with E-state index in [0.29, 0.717) is 16.4 Å². The Morgan fingerprint density at radius 3 is 2.09 bits per heavy atom. The fourth-order valence-corrected chi connectivity index (χ4v) is 4.51. The summed E-state index contributed by atoms with van der Waals surface area (Å²) in [6, 6.07) is 15.5. The number of carbonyl (C=O) groups is 2. The number of benzene rings is 2. The van der Waals surface area contributed by atoms with Crippen LogP contribution in [0.5, 0.6) is 0 Å². The first-order chi connectivity index (χ1) is 16.2. The minimum absolute atomic E-state index is 0.0115. The molecule has 0 bridgehead atoms. The van der Waals surface area contributed by atoms with E-state index < -0.39 is 0 Å². The van der Waals surface area contributed by atoms with E-state index in [4.69, 9.17) is 11.5 Å². The normalized spacial score (nSPS) is 10.6. The Hall–Kier alpha value is -3.72. The van der Waals surface area contributed by atoms with Gasteiger partial charge in [-0.25, -0.2) is 9.98 Å². The molecular formula is C25H30N6O2S. The summed E-state index contributed by atoms with van der Waals surface area (Å²) in [6.07, 6.45) is 3.18. The lowest BCUT2D eigenvalue weighted by Crippen LogP contribution is -2.21. The van der Waals surface area contributed by atoms with E-state index in [2.05, 4.69) is 15.3 Å². The van der Waals surface area contributed by atoms with Crippen molar-refractivity contribution >= 4 is 39.9 Å². The summed E-state index contributed by atoms with van der Waals surface area (Å²) in [6.45, 7) is 1.48. The zero-order valence-electron chi connectivity index (χ0n) is 19.7. The van der Waals surface area contributed by atoms with Crippen LogP contribution in [0.4, 0.5) is 10.8 Å². The quantitative estimate of drug-likeness (QED) is 0.321. The minimum Gasteiger partial charge on any atom is -0.370 e. The Labute approximate surface area is 203 Å². The van der Waals surface area contributed by atoms with E-state index in [1.54, 1.807) is 19.0 Å². The monoisotopic (exact) mass is 478 g/mol. The van der Waals surface area contributed by atoms with Crippen molar-refractivity contribution in [1.82, 2.24) is 9.88 Å². The minimum atomic E-state index is -0.136. The number of nitrogens with two attached hydrogens (primary N) is 2. The smallest absolute Gasteiger partial charge is 0.253 e. The number of nitrogens with zero attached hydrogens (tertiary/aromatic N) is 3. The third kappa shape index (κ3) is 7.14. The summed E-state index contributed by atoms with van der Waals surface area (Å²) >= 11 is 1.51. The molecule has 0 aliphatic rings. The zero-order chi connectivity index (χ0) is 24.7. The highest BCUT2D eigenvalue weighted by Gasteiger charge is 2.13. The number of amides is 2. The van der Waals surface area contributed by atoms with Crippen LogP contribution in [0.2, 0.25) is 0 Å². The number of hydrogen-bond acceptors (Lipinski definition) is 5. The maximum atomic E-state index is 12.1. The molecule has 8 nitrogen and oxygen atoms in total. The van der Waals surface area contributed by atoms with Crippen LogP contribution >= 0.6 is 11.3 Å². The standard InChI is InChI=1S/C25H30N6O2S/c1-16(32)28-25-30-21(14-8-18-6-12-20(13-7-18)29-24(26)27)22(34-25)15-9-17-4-10-19(11-5-17)23(33)31(2)3/h4-7,10-13H,8-9,14-15H2,1-3H3,(H4,26,27,29)(H,28,30,32). The first-order valence-electron chi connectivity index (χ1n) is 11.0. The van der Waals surface area contributed by atoms with Crippen molar-refractivity contribution in [3.05, 3.63) is 75.8 Å². The Bertz CT molecular complexity index is 1160. The van der Waals surface area contributed by atoms with Gasteiger partial charge in [-0.3, -0.25) is 9.59 Å². The van der Waals surface area contributed by atoms with Crippen LogP contribution in [0, 0.1) is 0 Å². The van der Waals surface area contributed by atoms with Gasteiger partial charge in [0, 0.05) is 31.5 Å². The molecule has 9 heteroatoms. The lowest BCUT2D eigenvalue weighted by Gasteiger charge is -2.10. The lowest BCUT2D eigenvalue weighted by atomic mass is 10.0. The van der Waals surface area contributed by atoms with Gasteiger partial charge in [-0.15, -0.1) is 11.3 Å². The second-order valence-electron chi connectivity index (χ2n) is 8.17. The number of aromatic nitrogens is 1. The second kappa shape index (κ2) is 11.4. The van der Waals surface area contributed by atoms with Crippen LogP contribution < -0.4 is 16.8 Å². The van der Waals surface area contributed by atoms with Crippen LogP contribution in [0.25, 0.3) is 0 Å². The zero-order valence-corrected chi connectivity index (χ0v) is 20.5. The van der Waals surface area contributed by atoms with E-state index in [1.165, 1.54) is 18.3 Å². The first kappa shape index (κ1) is 24.9. The molecule has 1 heterocycles. The molecule has 0 fully saturated rings. The molecule has 0 unspecified atom stereocenters. The number of thiazole rings is 1. The highest BCUT2D eigenvalue weighted by Crippen LogP contribution is 2.26. The molecule has 178 valence electrons.